The van der Waals surface area contributed by atoms with Crippen LogP contribution in [0.25, 0.3) is 5.52 Å². The minimum absolute atomic E-state index is 0.136. The van der Waals surface area contributed by atoms with E-state index >= 15 is 0 Å². The van der Waals surface area contributed by atoms with Gasteiger partial charge in [-0.1, -0.05) is 0 Å². The normalized spacial score (nSPS) is 10.7. The van der Waals surface area contributed by atoms with Crippen LogP contribution in [0.2, 0.25) is 0 Å². The second-order valence-corrected chi connectivity index (χ2v) is 3.58. The molecule has 2 aromatic rings. The van der Waals surface area contributed by atoms with E-state index in [2.05, 4.69) is 21.0 Å². The molecule has 0 radical (unpaired) electrons. The third-order valence-corrected chi connectivity index (χ3v) is 2.20. The highest BCUT2D eigenvalue weighted by Crippen LogP contribution is 2.19. The minimum Gasteiger partial charge on any atom is -0.478 e. The fraction of sp³-hybridized carbons (Fsp3) is 0. The zero-order valence-corrected chi connectivity index (χ0v) is 8.32. The molecule has 0 aromatic carbocycles. The van der Waals surface area contributed by atoms with Gasteiger partial charge in [0.15, 0.2) is 5.82 Å². The number of halogens is 2. The molecule has 0 amide bonds. The maximum absolute atomic E-state index is 13.4. The number of rotatable bonds is 1. The number of aromatic carboxylic acids is 1. The second kappa shape index (κ2) is 3.06. The maximum atomic E-state index is 13.4. The van der Waals surface area contributed by atoms with Gasteiger partial charge in [0.05, 0.1) is 6.20 Å². The Labute approximate surface area is 86.1 Å². The van der Waals surface area contributed by atoms with Crippen LogP contribution >= 0.6 is 15.9 Å². The lowest BCUT2D eigenvalue weighted by Gasteiger charge is -1.92. The predicted molar refractivity (Wildman–Crippen MR) is 49.8 cm³/mol. The molecule has 0 aliphatic heterocycles. The van der Waals surface area contributed by atoms with Gasteiger partial charge in [-0.3, -0.25) is 0 Å². The van der Waals surface area contributed by atoms with Crippen molar-refractivity contribution in [2.24, 2.45) is 0 Å². The van der Waals surface area contributed by atoms with Crippen molar-refractivity contribution in [2.75, 3.05) is 0 Å². The molecular weight excluding hydrogens is 255 g/mol. The molecule has 0 spiro atoms. The van der Waals surface area contributed by atoms with E-state index in [1.54, 1.807) is 0 Å². The third kappa shape index (κ3) is 1.27. The van der Waals surface area contributed by atoms with Crippen molar-refractivity contribution >= 4 is 27.4 Å². The summed E-state index contributed by atoms with van der Waals surface area (Å²) in [7, 11) is 0. The van der Waals surface area contributed by atoms with E-state index in [0.717, 1.165) is 6.20 Å². The first-order valence-electron chi connectivity index (χ1n) is 3.65. The summed E-state index contributed by atoms with van der Waals surface area (Å²) in [6, 6.07) is 1.47. The lowest BCUT2D eigenvalue weighted by molar-refractivity contribution is 0.0692. The van der Waals surface area contributed by atoms with Crippen LogP contribution in [0.4, 0.5) is 4.39 Å². The molecule has 72 valence electrons. The molecule has 1 N–H and O–H groups in total. The van der Waals surface area contributed by atoms with Gasteiger partial charge in [0, 0.05) is 10.7 Å². The highest BCUT2D eigenvalue weighted by Gasteiger charge is 2.16. The van der Waals surface area contributed by atoms with E-state index < -0.39 is 11.8 Å². The van der Waals surface area contributed by atoms with Gasteiger partial charge >= 0.3 is 5.97 Å². The summed E-state index contributed by atoms with van der Waals surface area (Å²) in [5, 5.41) is 12.5. The quantitative estimate of drug-likeness (QED) is 0.851. The molecule has 14 heavy (non-hydrogen) atoms. The van der Waals surface area contributed by atoms with Crippen molar-refractivity contribution in [1.82, 2.24) is 9.61 Å². The number of carbonyl (C=O) groups is 1. The number of carboxylic acids is 1. The molecule has 6 heteroatoms. The Morgan fingerprint density at radius 2 is 2.36 bits per heavy atom. The van der Waals surface area contributed by atoms with Crippen molar-refractivity contribution in [3.05, 3.63) is 34.3 Å². The molecule has 0 unspecified atom stereocenters. The third-order valence-electron chi connectivity index (χ3n) is 1.77. The lowest BCUT2D eigenvalue weighted by Crippen LogP contribution is -1.95. The average Bonchev–Trinajstić information content (AvgIpc) is 2.44. The molecule has 0 saturated carbocycles. The molecule has 0 bridgehead atoms. The van der Waals surface area contributed by atoms with Crippen molar-refractivity contribution in [3.8, 4) is 0 Å². The van der Waals surface area contributed by atoms with E-state index in [4.69, 9.17) is 5.11 Å². The molecular formula is C8H4BrFN2O2. The van der Waals surface area contributed by atoms with Gasteiger partial charge in [-0.25, -0.2) is 13.7 Å². The first kappa shape index (κ1) is 9.14. The smallest absolute Gasteiger partial charge is 0.340 e. The molecule has 2 aromatic heterocycles. The van der Waals surface area contributed by atoms with E-state index in [9.17, 15) is 9.18 Å². The molecule has 0 aliphatic carbocycles. The maximum Gasteiger partial charge on any atom is 0.340 e. The lowest BCUT2D eigenvalue weighted by atomic mass is 10.3. The van der Waals surface area contributed by atoms with Crippen LogP contribution in [0.5, 0.6) is 0 Å². The van der Waals surface area contributed by atoms with Crippen LogP contribution in [-0.2, 0) is 0 Å². The molecule has 0 atom stereocenters. The summed E-state index contributed by atoms with van der Waals surface area (Å²) in [4.78, 5) is 10.6. The van der Waals surface area contributed by atoms with Crippen molar-refractivity contribution in [1.29, 1.82) is 0 Å². The van der Waals surface area contributed by atoms with Gasteiger partial charge < -0.3 is 5.11 Å². The average molecular weight is 259 g/mol. The zero-order valence-electron chi connectivity index (χ0n) is 6.74. The van der Waals surface area contributed by atoms with E-state index in [1.807, 2.05) is 0 Å². The first-order valence-corrected chi connectivity index (χ1v) is 4.44. The zero-order chi connectivity index (χ0) is 10.3. The van der Waals surface area contributed by atoms with Crippen LogP contribution in [-0.4, -0.2) is 20.7 Å². The second-order valence-electron chi connectivity index (χ2n) is 2.67. The summed E-state index contributed by atoms with van der Waals surface area (Å²) in [5.74, 6) is -2.07. The SMILES string of the molecule is O=C(O)c1cn2ncc(Br)cc2c1F. The predicted octanol–water partition coefficient (Wildman–Crippen LogP) is 1.93. The van der Waals surface area contributed by atoms with Gasteiger partial charge in [-0.15, -0.1) is 0 Å². The van der Waals surface area contributed by atoms with Gasteiger partial charge in [-0.05, 0) is 22.0 Å². The molecule has 0 fully saturated rings. The van der Waals surface area contributed by atoms with Crippen LogP contribution in [0.1, 0.15) is 10.4 Å². The summed E-state index contributed by atoms with van der Waals surface area (Å²) in [6.07, 6.45) is 2.59. The van der Waals surface area contributed by atoms with Crippen LogP contribution in [0, 0.1) is 5.82 Å². The fourth-order valence-electron chi connectivity index (χ4n) is 1.15. The molecule has 0 saturated heterocycles. The summed E-state index contributed by atoms with van der Waals surface area (Å²) >= 11 is 3.12. The topological polar surface area (TPSA) is 54.6 Å². The number of hydrogen-bond donors (Lipinski definition) is 1. The summed E-state index contributed by atoms with van der Waals surface area (Å²) in [6.45, 7) is 0. The van der Waals surface area contributed by atoms with Crippen molar-refractivity contribution < 1.29 is 14.3 Å². The molecule has 0 aliphatic rings. The monoisotopic (exact) mass is 258 g/mol. The largest absolute Gasteiger partial charge is 0.478 e. The summed E-state index contributed by atoms with van der Waals surface area (Å²) < 4.78 is 15.2. The number of nitrogens with zero attached hydrogens (tertiary/aromatic N) is 2. The van der Waals surface area contributed by atoms with Crippen LogP contribution in [0.15, 0.2) is 22.9 Å². The first-order chi connectivity index (χ1) is 6.59. The fourth-order valence-corrected chi connectivity index (χ4v) is 1.45. The Kier molecular flexibility index (Phi) is 1.99. The number of fused-ring (bicyclic) bond motifs is 1. The van der Waals surface area contributed by atoms with Gasteiger partial charge in [0.2, 0.25) is 0 Å². The van der Waals surface area contributed by atoms with Gasteiger partial charge in [-0.2, -0.15) is 5.10 Å². The van der Waals surface area contributed by atoms with E-state index in [-0.39, 0.29) is 11.1 Å². The van der Waals surface area contributed by atoms with Crippen molar-refractivity contribution in [3.63, 3.8) is 0 Å². The van der Waals surface area contributed by atoms with E-state index in [0.29, 0.717) is 4.47 Å². The highest BCUT2D eigenvalue weighted by atomic mass is 79.9. The number of aromatic nitrogens is 2. The number of hydrogen-bond acceptors (Lipinski definition) is 2. The molecule has 2 rings (SSSR count). The highest BCUT2D eigenvalue weighted by molar-refractivity contribution is 9.10. The Morgan fingerprint density at radius 1 is 1.64 bits per heavy atom. The van der Waals surface area contributed by atoms with Gasteiger partial charge in [0.25, 0.3) is 0 Å². The Morgan fingerprint density at radius 3 is 3.00 bits per heavy atom. The minimum atomic E-state index is -1.30. The van der Waals surface area contributed by atoms with Gasteiger partial charge in [0.1, 0.15) is 11.1 Å². The molecule has 2 heterocycles. The Balaban J connectivity index is 2.80. The van der Waals surface area contributed by atoms with Crippen LogP contribution < -0.4 is 0 Å². The van der Waals surface area contributed by atoms with E-state index in [1.165, 1.54) is 16.8 Å². The van der Waals surface area contributed by atoms with Crippen LogP contribution in [0.3, 0.4) is 0 Å². The Hall–Kier alpha value is -1.43. The standard InChI is InChI=1S/C8H4BrFN2O2/c9-4-1-6-7(10)5(8(13)14)3-12(6)11-2-4/h1-3H,(H,13,14). The summed E-state index contributed by atoms with van der Waals surface area (Å²) in [5.41, 5.74) is -0.243. The molecule has 4 nitrogen and oxygen atoms in total. The van der Waals surface area contributed by atoms with Crippen molar-refractivity contribution in [2.45, 2.75) is 0 Å². The number of carboxylic acid groups (broad SMARTS) is 1. The Bertz CT molecular complexity index is 523.